The highest BCUT2D eigenvalue weighted by atomic mass is 16.5. The number of rotatable bonds is 6. The maximum Gasteiger partial charge on any atom is 0.316 e. The van der Waals surface area contributed by atoms with Gasteiger partial charge >= 0.3 is 6.03 Å². The van der Waals surface area contributed by atoms with Gasteiger partial charge in [-0.05, 0) is 24.6 Å². The molecule has 9 nitrogen and oxygen atoms in total. The summed E-state index contributed by atoms with van der Waals surface area (Å²) in [6.45, 7) is 0.448. The first-order chi connectivity index (χ1) is 13.9. The van der Waals surface area contributed by atoms with Gasteiger partial charge in [-0.25, -0.2) is 4.79 Å². The third-order valence-electron chi connectivity index (χ3n) is 4.55. The van der Waals surface area contributed by atoms with Crippen LogP contribution in [0, 0.1) is 0 Å². The predicted molar refractivity (Wildman–Crippen MR) is 107 cm³/mol. The number of primary amides is 1. The molecule has 152 valence electrons. The SMILES string of the molecule is COc1cc(OC)cc(N2CCC(NC(=O)c3cccc(NC(N)=O)c3)C2=O)c1. The first kappa shape index (κ1) is 20.0. The van der Waals surface area contributed by atoms with E-state index in [1.807, 2.05) is 0 Å². The van der Waals surface area contributed by atoms with Gasteiger partial charge in [0.05, 0.1) is 19.9 Å². The number of amides is 4. The summed E-state index contributed by atoms with van der Waals surface area (Å²) < 4.78 is 10.5. The summed E-state index contributed by atoms with van der Waals surface area (Å²) in [6, 6.07) is 10.1. The Labute approximate surface area is 167 Å². The Balaban J connectivity index is 1.72. The van der Waals surface area contributed by atoms with Crippen LogP contribution in [0.2, 0.25) is 0 Å². The van der Waals surface area contributed by atoms with Crippen LogP contribution in [0.5, 0.6) is 11.5 Å². The number of hydrogen-bond acceptors (Lipinski definition) is 5. The van der Waals surface area contributed by atoms with Crippen LogP contribution in [0.1, 0.15) is 16.8 Å². The summed E-state index contributed by atoms with van der Waals surface area (Å²) in [6.07, 6.45) is 0.462. The highest BCUT2D eigenvalue weighted by Crippen LogP contribution is 2.31. The molecule has 1 fully saturated rings. The molecule has 1 atom stereocenters. The Morgan fingerprint density at radius 1 is 1.10 bits per heavy atom. The molecule has 1 unspecified atom stereocenters. The van der Waals surface area contributed by atoms with Gasteiger partial charge in [0.15, 0.2) is 0 Å². The zero-order valence-electron chi connectivity index (χ0n) is 16.1. The lowest BCUT2D eigenvalue weighted by atomic mass is 10.1. The minimum atomic E-state index is -0.724. The van der Waals surface area contributed by atoms with Crippen molar-refractivity contribution < 1.29 is 23.9 Å². The van der Waals surface area contributed by atoms with Crippen molar-refractivity contribution in [1.82, 2.24) is 5.32 Å². The van der Waals surface area contributed by atoms with Crippen molar-refractivity contribution in [3.05, 3.63) is 48.0 Å². The number of nitrogens with zero attached hydrogens (tertiary/aromatic N) is 1. The van der Waals surface area contributed by atoms with E-state index in [4.69, 9.17) is 15.2 Å². The number of nitrogens with two attached hydrogens (primary N) is 1. The molecule has 0 bridgehead atoms. The number of benzene rings is 2. The summed E-state index contributed by atoms with van der Waals surface area (Å²) in [7, 11) is 3.07. The second-order valence-electron chi connectivity index (χ2n) is 6.45. The Kier molecular flexibility index (Phi) is 5.87. The fourth-order valence-corrected chi connectivity index (χ4v) is 3.14. The highest BCUT2D eigenvalue weighted by Gasteiger charge is 2.34. The zero-order valence-corrected chi connectivity index (χ0v) is 16.1. The molecule has 1 aliphatic rings. The second kappa shape index (κ2) is 8.51. The maximum absolute atomic E-state index is 12.8. The molecule has 29 heavy (non-hydrogen) atoms. The van der Waals surface area contributed by atoms with Crippen molar-refractivity contribution in [2.45, 2.75) is 12.5 Å². The van der Waals surface area contributed by atoms with Crippen LogP contribution < -0.4 is 30.7 Å². The van der Waals surface area contributed by atoms with Crippen LogP contribution in [0.3, 0.4) is 0 Å². The first-order valence-corrected chi connectivity index (χ1v) is 8.93. The molecule has 4 amide bonds. The number of nitrogens with one attached hydrogen (secondary N) is 2. The van der Waals surface area contributed by atoms with E-state index >= 15 is 0 Å². The van der Waals surface area contributed by atoms with E-state index in [-0.39, 0.29) is 5.91 Å². The van der Waals surface area contributed by atoms with Gasteiger partial charge in [-0.2, -0.15) is 0 Å². The topological polar surface area (TPSA) is 123 Å². The van der Waals surface area contributed by atoms with Crippen LogP contribution in [0.4, 0.5) is 16.2 Å². The summed E-state index contributed by atoms with van der Waals surface area (Å²) >= 11 is 0. The molecule has 4 N–H and O–H groups in total. The third-order valence-corrected chi connectivity index (χ3v) is 4.55. The lowest BCUT2D eigenvalue weighted by Gasteiger charge is -2.19. The van der Waals surface area contributed by atoms with Crippen LogP contribution in [-0.2, 0) is 4.79 Å². The number of ether oxygens (including phenoxy) is 2. The number of urea groups is 1. The van der Waals surface area contributed by atoms with Crippen LogP contribution in [0.25, 0.3) is 0 Å². The molecule has 9 heteroatoms. The molecule has 0 aromatic heterocycles. The van der Waals surface area contributed by atoms with E-state index in [9.17, 15) is 14.4 Å². The van der Waals surface area contributed by atoms with Crippen LogP contribution >= 0.6 is 0 Å². The largest absolute Gasteiger partial charge is 0.497 e. The lowest BCUT2D eigenvalue weighted by Crippen LogP contribution is -2.41. The van der Waals surface area contributed by atoms with E-state index in [2.05, 4.69) is 10.6 Å². The predicted octanol–water partition coefficient (Wildman–Crippen LogP) is 1.73. The number of hydrogen-bond donors (Lipinski definition) is 3. The van der Waals surface area contributed by atoms with E-state index in [0.717, 1.165) is 0 Å². The van der Waals surface area contributed by atoms with E-state index < -0.39 is 18.0 Å². The average Bonchev–Trinajstić information content (AvgIpc) is 3.07. The van der Waals surface area contributed by atoms with Gasteiger partial charge in [0.25, 0.3) is 5.91 Å². The van der Waals surface area contributed by atoms with Crippen molar-refractivity contribution in [2.24, 2.45) is 5.73 Å². The molecule has 2 aromatic carbocycles. The fourth-order valence-electron chi connectivity index (χ4n) is 3.14. The Morgan fingerprint density at radius 3 is 2.41 bits per heavy atom. The van der Waals surface area contributed by atoms with Crippen LogP contribution in [-0.4, -0.2) is 44.7 Å². The third kappa shape index (κ3) is 4.57. The average molecular weight is 398 g/mol. The smallest absolute Gasteiger partial charge is 0.316 e. The second-order valence-corrected chi connectivity index (χ2v) is 6.45. The normalized spacial score (nSPS) is 15.7. The van der Waals surface area contributed by atoms with E-state index in [1.165, 1.54) is 20.3 Å². The van der Waals surface area contributed by atoms with Gasteiger partial charge in [-0.3, -0.25) is 9.59 Å². The van der Waals surface area contributed by atoms with Crippen molar-refractivity contribution in [2.75, 3.05) is 31.0 Å². The molecule has 1 saturated heterocycles. The van der Waals surface area contributed by atoms with Gasteiger partial charge in [0, 0.05) is 36.0 Å². The molecular weight excluding hydrogens is 376 g/mol. The van der Waals surface area contributed by atoms with Crippen molar-refractivity contribution in [1.29, 1.82) is 0 Å². The van der Waals surface area contributed by atoms with Crippen LogP contribution in [0.15, 0.2) is 42.5 Å². The van der Waals surface area contributed by atoms with Gasteiger partial charge in [-0.15, -0.1) is 0 Å². The highest BCUT2D eigenvalue weighted by molar-refractivity contribution is 6.04. The minimum absolute atomic E-state index is 0.222. The molecule has 0 spiro atoms. The lowest BCUT2D eigenvalue weighted by molar-refractivity contribution is -0.118. The minimum Gasteiger partial charge on any atom is -0.497 e. The molecule has 0 saturated carbocycles. The quantitative estimate of drug-likeness (QED) is 0.684. The zero-order chi connectivity index (χ0) is 21.0. The van der Waals surface area contributed by atoms with Crippen molar-refractivity contribution in [3.63, 3.8) is 0 Å². The number of carbonyl (C=O) groups is 3. The Morgan fingerprint density at radius 2 is 1.79 bits per heavy atom. The van der Waals surface area contributed by atoms with Crippen molar-refractivity contribution in [3.8, 4) is 11.5 Å². The molecule has 1 heterocycles. The van der Waals surface area contributed by atoms with Gasteiger partial charge in [0.1, 0.15) is 17.5 Å². The molecule has 1 aliphatic heterocycles. The number of carbonyl (C=O) groups excluding carboxylic acids is 3. The Bertz CT molecular complexity index is 924. The van der Waals surface area contributed by atoms with E-state index in [1.54, 1.807) is 41.3 Å². The molecular formula is C20H22N4O5. The molecule has 0 radical (unpaired) electrons. The standard InChI is InChI=1S/C20H22N4O5/c1-28-15-9-14(10-16(11-15)29-2)24-7-6-17(19(24)26)23-18(25)12-4-3-5-13(8-12)22-20(21)27/h3-5,8-11,17H,6-7H2,1-2H3,(H,23,25)(H3,21,22,27). The van der Waals surface area contributed by atoms with Gasteiger partial charge in [-0.1, -0.05) is 6.07 Å². The fraction of sp³-hybridized carbons (Fsp3) is 0.250. The maximum atomic E-state index is 12.8. The summed E-state index contributed by atoms with van der Waals surface area (Å²) in [5.74, 6) is 0.499. The first-order valence-electron chi connectivity index (χ1n) is 8.93. The Hall–Kier alpha value is -3.75. The molecule has 3 rings (SSSR count). The number of anilines is 2. The monoisotopic (exact) mass is 398 g/mol. The molecule has 0 aliphatic carbocycles. The van der Waals surface area contributed by atoms with E-state index in [0.29, 0.717) is 41.4 Å². The summed E-state index contributed by atoms with van der Waals surface area (Å²) in [5.41, 5.74) is 6.44. The van der Waals surface area contributed by atoms with Gasteiger partial charge < -0.3 is 30.7 Å². The van der Waals surface area contributed by atoms with Gasteiger partial charge in [0.2, 0.25) is 5.91 Å². The summed E-state index contributed by atoms with van der Waals surface area (Å²) in [5, 5.41) is 5.16. The van der Waals surface area contributed by atoms with Crippen molar-refractivity contribution >= 4 is 29.2 Å². The molecule has 2 aromatic rings. The summed E-state index contributed by atoms with van der Waals surface area (Å²) in [4.78, 5) is 38.0. The number of methoxy groups -OCH3 is 2.